The van der Waals surface area contributed by atoms with Crippen molar-refractivity contribution in [3.63, 3.8) is 0 Å². The maximum absolute atomic E-state index is 11.2. The molecule has 0 spiro atoms. The lowest BCUT2D eigenvalue weighted by Crippen LogP contribution is -2.52. The van der Waals surface area contributed by atoms with E-state index in [4.69, 9.17) is 0 Å². The third-order valence-electron chi connectivity index (χ3n) is 3.58. The Morgan fingerprint density at radius 1 is 1.29 bits per heavy atom. The molecule has 2 heterocycles. The molecule has 2 aliphatic rings. The fourth-order valence-corrected chi connectivity index (χ4v) is 2.67. The van der Waals surface area contributed by atoms with Crippen LogP contribution in [0.3, 0.4) is 0 Å². The number of carbonyl (C=O) groups is 2. The molecule has 2 aliphatic heterocycles. The number of piperazine rings is 1. The van der Waals surface area contributed by atoms with Gasteiger partial charge in [-0.25, -0.2) is 0 Å². The minimum atomic E-state index is -0.167. The fraction of sp³-hybridized carbons (Fsp3) is 0.833. The van der Waals surface area contributed by atoms with Gasteiger partial charge in [-0.15, -0.1) is 0 Å². The van der Waals surface area contributed by atoms with Gasteiger partial charge in [0, 0.05) is 19.1 Å². The predicted octanol–water partition coefficient (Wildman–Crippen LogP) is -0.325. The van der Waals surface area contributed by atoms with Crippen LogP contribution in [-0.4, -0.2) is 60.4 Å². The molecule has 0 saturated carbocycles. The second kappa shape index (κ2) is 5.14. The lowest BCUT2D eigenvalue weighted by atomic mass is 10.1. The normalized spacial score (nSPS) is 27.8. The van der Waals surface area contributed by atoms with Crippen molar-refractivity contribution in [3.05, 3.63) is 0 Å². The van der Waals surface area contributed by atoms with E-state index in [0.29, 0.717) is 25.0 Å². The van der Waals surface area contributed by atoms with E-state index in [-0.39, 0.29) is 11.8 Å². The molecular formula is C12H21N3O2. The first-order chi connectivity index (χ1) is 8.04. The van der Waals surface area contributed by atoms with Crippen molar-refractivity contribution in [2.75, 3.05) is 32.7 Å². The summed E-state index contributed by atoms with van der Waals surface area (Å²) in [5, 5.41) is 2.33. The van der Waals surface area contributed by atoms with Crippen molar-refractivity contribution in [1.82, 2.24) is 15.1 Å². The molecule has 2 fully saturated rings. The summed E-state index contributed by atoms with van der Waals surface area (Å²) in [5.41, 5.74) is 0. The monoisotopic (exact) mass is 239 g/mol. The molecule has 0 aromatic carbocycles. The first-order valence-electron chi connectivity index (χ1n) is 6.33. The Hall–Kier alpha value is -0.940. The van der Waals surface area contributed by atoms with Gasteiger partial charge in [-0.3, -0.25) is 19.8 Å². The highest BCUT2D eigenvalue weighted by Gasteiger charge is 2.29. The van der Waals surface area contributed by atoms with E-state index in [1.807, 2.05) is 4.90 Å². The van der Waals surface area contributed by atoms with E-state index in [0.717, 1.165) is 19.6 Å². The summed E-state index contributed by atoms with van der Waals surface area (Å²) in [6, 6.07) is 0.589. The lowest BCUT2D eigenvalue weighted by Gasteiger charge is -2.28. The molecule has 0 bridgehead atoms. The van der Waals surface area contributed by atoms with E-state index >= 15 is 0 Å². The maximum atomic E-state index is 11.2. The second-order valence-corrected chi connectivity index (χ2v) is 5.38. The van der Waals surface area contributed by atoms with E-state index in [1.54, 1.807) is 0 Å². The van der Waals surface area contributed by atoms with Gasteiger partial charge in [-0.1, -0.05) is 0 Å². The quantitative estimate of drug-likeness (QED) is 0.686. The molecule has 0 aromatic rings. The van der Waals surface area contributed by atoms with Gasteiger partial charge in [0.1, 0.15) is 0 Å². The van der Waals surface area contributed by atoms with Crippen LogP contribution in [0.4, 0.5) is 0 Å². The molecule has 1 N–H and O–H groups in total. The largest absolute Gasteiger partial charge is 0.301 e. The molecule has 1 atom stereocenters. The lowest BCUT2D eigenvalue weighted by molar-refractivity contribution is -0.136. The Morgan fingerprint density at radius 2 is 1.94 bits per heavy atom. The van der Waals surface area contributed by atoms with E-state index in [2.05, 4.69) is 24.1 Å². The molecule has 5 nitrogen and oxygen atoms in total. The summed E-state index contributed by atoms with van der Waals surface area (Å²) in [4.78, 5) is 26.9. The SMILES string of the molecule is CC(C)N1CCC(CN2CC(=O)NC(=O)C2)C1. The number of likely N-dealkylation sites (tertiary alicyclic amines) is 1. The third kappa shape index (κ3) is 3.26. The van der Waals surface area contributed by atoms with E-state index in [1.165, 1.54) is 6.42 Å². The number of imide groups is 1. The van der Waals surface area contributed by atoms with Crippen LogP contribution >= 0.6 is 0 Å². The highest BCUT2D eigenvalue weighted by molar-refractivity contribution is 5.99. The molecular weight excluding hydrogens is 218 g/mol. The molecule has 96 valence electrons. The smallest absolute Gasteiger partial charge is 0.240 e. The van der Waals surface area contributed by atoms with Gasteiger partial charge in [-0.2, -0.15) is 0 Å². The van der Waals surface area contributed by atoms with Crippen molar-refractivity contribution in [2.24, 2.45) is 5.92 Å². The summed E-state index contributed by atoms with van der Waals surface area (Å²) in [7, 11) is 0. The van der Waals surface area contributed by atoms with Crippen molar-refractivity contribution < 1.29 is 9.59 Å². The Labute approximate surface area is 102 Å². The van der Waals surface area contributed by atoms with Gasteiger partial charge in [0.2, 0.25) is 11.8 Å². The summed E-state index contributed by atoms with van der Waals surface area (Å²) in [6.45, 7) is 8.23. The van der Waals surface area contributed by atoms with Crippen LogP contribution in [0.2, 0.25) is 0 Å². The molecule has 2 amide bonds. The topological polar surface area (TPSA) is 52.6 Å². The van der Waals surface area contributed by atoms with Gasteiger partial charge in [0.25, 0.3) is 0 Å². The molecule has 17 heavy (non-hydrogen) atoms. The highest BCUT2D eigenvalue weighted by atomic mass is 16.2. The van der Waals surface area contributed by atoms with E-state index in [9.17, 15) is 9.59 Å². The molecule has 2 saturated heterocycles. The Morgan fingerprint density at radius 3 is 2.47 bits per heavy atom. The van der Waals surface area contributed by atoms with Crippen LogP contribution < -0.4 is 5.32 Å². The van der Waals surface area contributed by atoms with Crippen LogP contribution in [0, 0.1) is 5.92 Å². The maximum Gasteiger partial charge on any atom is 0.240 e. The molecule has 5 heteroatoms. The number of rotatable bonds is 3. The standard InChI is InChI=1S/C12H21N3O2/c1-9(2)15-4-3-10(6-15)5-14-7-11(16)13-12(17)8-14/h9-10H,3-8H2,1-2H3,(H,13,16,17). The van der Waals surface area contributed by atoms with Crippen LogP contribution in [0.25, 0.3) is 0 Å². The molecule has 0 aromatic heterocycles. The van der Waals surface area contributed by atoms with Gasteiger partial charge >= 0.3 is 0 Å². The second-order valence-electron chi connectivity index (χ2n) is 5.38. The molecule has 0 radical (unpaired) electrons. The van der Waals surface area contributed by atoms with Crippen molar-refractivity contribution >= 4 is 11.8 Å². The number of nitrogens with zero attached hydrogens (tertiary/aromatic N) is 2. The zero-order chi connectivity index (χ0) is 12.4. The van der Waals surface area contributed by atoms with Crippen LogP contribution in [0.1, 0.15) is 20.3 Å². The number of amides is 2. The molecule has 2 rings (SSSR count). The fourth-order valence-electron chi connectivity index (χ4n) is 2.67. The van der Waals surface area contributed by atoms with E-state index < -0.39 is 0 Å². The van der Waals surface area contributed by atoms with Gasteiger partial charge in [0.05, 0.1) is 13.1 Å². The summed E-state index contributed by atoms with van der Waals surface area (Å²) >= 11 is 0. The summed E-state index contributed by atoms with van der Waals surface area (Å²) in [5.74, 6) is 0.260. The van der Waals surface area contributed by atoms with Crippen molar-refractivity contribution in [2.45, 2.75) is 26.3 Å². The van der Waals surface area contributed by atoms with Gasteiger partial charge < -0.3 is 4.90 Å². The van der Waals surface area contributed by atoms with Crippen LogP contribution in [-0.2, 0) is 9.59 Å². The summed E-state index contributed by atoms with van der Waals surface area (Å²) < 4.78 is 0. The van der Waals surface area contributed by atoms with Gasteiger partial charge in [-0.05, 0) is 32.7 Å². The average molecular weight is 239 g/mol. The predicted molar refractivity (Wildman–Crippen MR) is 64.4 cm³/mol. The first kappa shape index (κ1) is 12.5. The van der Waals surface area contributed by atoms with Crippen molar-refractivity contribution in [3.8, 4) is 0 Å². The Balaban J connectivity index is 1.81. The minimum absolute atomic E-state index is 0.167. The Kier molecular flexibility index (Phi) is 3.79. The highest BCUT2D eigenvalue weighted by Crippen LogP contribution is 2.19. The minimum Gasteiger partial charge on any atom is -0.301 e. The van der Waals surface area contributed by atoms with Gasteiger partial charge in [0.15, 0.2) is 0 Å². The third-order valence-corrected chi connectivity index (χ3v) is 3.58. The number of nitrogens with one attached hydrogen (secondary N) is 1. The zero-order valence-electron chi connectivity index (χ0n) is 10.6. The van der Waals surface area contributed by atoms with Crippen LogP contribution in [0.5, 0.6) is 0 Å². The Bertz CT molecular complexity index is 301. The molecule has 1 unspecified atom stereocenters. The van der Waals surface area contributed by atoms with Crippen molar-refractivity contribution in [1.29, 1.82) is 0 Å². The zero-order valence-corrected chi connectivity index (χ0v) is 10.6. The average Bonchev–Trinajstić information content (AvgIpc) is 2.64. The summed E-state index contributed by atoms with van der Waals surface area (Å²) in [6.07, 6.45) is 1.17. The number of carbonyl (C=O) groups excluding carboxylic acids is 2. The molecule has 0 aliphatic carbocycles. The number of hydrogen-bond donors (Lipinski definition) is 1. The number of hydrogen-bond acceptors (Lipinski definition) is 4. The first-order valence-corrected chi connectivity index (χ1v) is 6.33. The van der Waals surface area contributed by atoms with Crippen LogP contribution in [0.15, 0.2) is 0 Å².